The molecule has 0 radical (unpaired) electrons. The van der Waals surface area contributed by atoms with Crippen molar-refractivity contribution in [3.8, 4) is 11.8 Å². The molecule has 1 amide bonds. The third-order valence-electron chi connectivity index (χ3n) is 3.44. The summed E-state index contributed by atoms with van der Waals surface area (Å²) >= 11 is 0. The molecule has 9 nitrogen and oxygen atoms in total. The molecule has 0 fully saturated rings. The molecular weight excluding hydrogens is 354 g/mol. The second kappa shape index (κ2) is 8.26. The molecule has 0 heterocycles. The van der Waals surface area contributed by atoms with Crippen LogP contribution in [0.15, 0.2) is 48.0 Å². The summed E-state index contributed by atoms with van der Waals surface area (Å²) in [6, 6.07) is 11.1. The molecule has 2 aromatic carbocycles. The Morgan fingerprint density at radius 1 is 1.30 bits per heavy atom. The van der Waals surface area contributed by atoms with Gasteiger partial charge < -0.3 is 15.2 Å². The number of amides is 1. The minimum atomic E-state index is -1.22. The summed E-state index contributed by atoms with van der Waals surface area (Å²) in [4.78, 5) is 33.7. The summed E-state index contributed by atoms with van der Waals surface area (Å²) in [6.45, 7) is 0. The number of carbonyl (C=O) groups is 2. The number of nitrogens with zero attached hydrogens (tertiary/aromatic N) is 2. The average molecular weight is 367 g/mol. The summed E-state index contributed by atoms with van der Waals surface area (Å²) < 4.78 is 4.95. The lowest BCUT2D eigenvalue weighted by Gasteiger charge is -2.07. The molecule has 136 valence electrons. The van der Waals surface area contributed by atoms with Crippen LogP contribution in [0.2, 0.25) is 0 Å². The number of nitro groups is 1. The molecule has 0 aliphatic heterocycles. The Hall–Kier alpha value is -4.19. The van der Waals surface area contributed by atoms with Crippen LogP contribution in [0.5, 0.6) is 5.75 Å². The number of hydrogen-bond donors (Lipinski definition) is 2. The van der Waals surface area contributed by atoms with Crippen LogP contribution in [0.25, 0.3) is 6.08 Å². The fourth-order valence-corrected chi connectivity index (χ4v) is 2.19. The highest BCUT2D eigenvalue weighted by molar-refractivity contribution is 6.09. The lowest BCUT2D eigenvalue weighted by atomic mass is 10.1. The molecule has 2 rings (SSSR count). The number of non-ortho nitro benzene ring substituents is 1. The van der Waals surface area contributed by atoms with Crippen LogP contribution in [0.4, 0.5) is 11.4 Å². The molecule has 2 N–H and O–H groups in total. The molecule has 0 saturated heterocycles. The number of hydrogen-bond acceptors (Lipinski definition) is 6. The molecule has 0 atom stereocenters. The minimum Gasteiger partial charge on any atom is -0.496 e. The highest BCUT2D eigenvalue weighted by atomic mass is 16.6. The van der Waals surface area contributed by atoms with Crippen molar-refractivity contribution in [1.29, 1.82) is 5.26 Å². The van der Waals surface area contributed by atoms with Crippen molar-refractivity contribution in [3.63, 3.8) is 0 Å². The number of carboxylic acids is 1. The van der Waals surface area contributed by atoms with Gasteiger partial charge in [0.25, 0.3) is 11.6 Å². The predicted molar refractivity (Wildman–Crippen MR) is 95.3 cm³/mol. The second-order valence-corrected chi connectivity index (χ2v) is 5.20. The molecule has 0 unspecified atom stereocenters. The number of carboxylic acid groups (broad SMARTS) is 1. The van der Waals surface area contributed by atoms with Gasteiger partial charge in [-0.3, -0.25) is 14.9 Å². The van der Waals surface area contributed by atoms with Gasteiger partial charge in [-0.2, -0.15) is 5.26 Å². The first-order chi connectivity index (χ1) is 12.8. The topological polar surface area (TPSA) is 143 Å². The van der Waals surface area contributed by atoms with E-state index < -0.39 is 16.8 Å². The first kappa shape index (κ1) is 19.1. The van der Waals surface area contributed by atoms with Crippen molar-refractivity contribution in [2.45, 2.75) is 0 Å². The molecule has 0 bridgehead atoms. The Morgan fingerprint density at radius 2 is 2.04 bits per heavy atom. The van der Waals surface area contributed by atoms with E-state index in [-0.39, 0.29) is 28.3 Å². The van der Waals surface area contributed by atoms with Gasteiger partial charge in [-0.15, -0.1) is 0 Å². The number of nitriles is 1. The van der Waals surface area contributed by atoms with E-state index in [9.17, 15) is 30.1 Å². The Balaban J connectivity index is 2.31. The number of anilines is 1. The molecular formula is C18H13N3O6. The number of methoxy groups -OCH3 is 1. The zero-order valence-electron chi connectivity index (χ0n) is 14.0. The summed E-state index contributed by atoms with van der Waals surface area (Å²) in [7, 11) is 1.32. The zero-order chi connectivity index (χ0) is 20.0. The van der Waals surface area contributed by atoms with E-state index in [0.717, 1.165) is 6.07 Å². The normalized spacial score (nSPS) is 10.6. The molecule has 0 aliphatic rings. The van der Waals surface area contributed by atoms with Crippen molar-refractivity contribution < 1.29 is 24.4 Å². The maximum atomic E-state index is 12.3. The molecule has 27 heavy (non-hydrogen) atoms. The standard InChI is InChI=1S/C18H13N3O6/c1-27-16-6-5-11(8-15(16)18(23)24)7-12(10-19)17(22)20-13-3-2-4-14(9-13)21(25)26/h2-9H,1H3,(H,20,22)(H,23,24)/b12-7-. The van der Waals surface area contributed by atoms with Gasteiger partial charge in [-0.1, -0.05) is 12.1 Å². The third kappa shape index (κ3) is 4.67. The summed E-state index contributed by atoms with van der Waals surface area (Å²) in [5.74, 6) is -1.87. The second-order valence-electron chi connectivity index (χ2n) is 5.20. The number of nitrogens with one attached hydrogen (secondary N) is 1. The van der Waals surface area contributed by atoms with Gasteiger partial charge in [0.1, 0.15) is 23.0 Å². The van der Waals surface area contributed by atoms with Crippen LogP contribution < -0.4 is 10.1 Å². The number of aromatic carboxylic acids is 1. The quantitative estimate of drug-likeness (QED) is 0.346. The number of rotatable bonds is 6. The van der Waals surface area contributed by atoms with Gasteiger partial charge in [0.15, 0.2) is 0 Å². The van der Waals surface area contributed by atoms with Crippen LogP contribution in [-0.2, 0) is 4.79 Å². The molecule has 0 aromatic heterocycles. The van der Waals surface area contributed by atoms with Crippen molar-refractivity contribution >= 4 is 29.3 Å². The van der Waals surface area contributed by atoms with E-state index in [1.54, 1.807) is 6.07 Å². The highest BCUT2D eigenvalue weighted by Crippen LogP contribution is 2.22. The van der Waals surface area contributed by atoms with Gasteiger partial charge in [-0.05, 0) is 29.8 Å². The van der Waals surface area contributed by atoms with Crippen molar-refractivity contribution in [3.05, 3.63) is 69.3 Å². The maximum absolute atomic E-state index is 12.3. The van der Waals surface area contributed by atoms with Crippen molar-refractivity contribution in [1.82, 2.24) is 0 Å². The largest absolute Gasteiger partial charge is 0.496 e. The molecule has 0 spiro atoms. The Labute approximate surface area is 153 Å². The molecule has 2 aromatic rings. The maximum Gasteiger partial charge on any atom is 0.339 e. The van der Waals surface area contributed by atoms with E-state index >= 15 is 0 Å². The van der Waals surface area contributed by atoms with Gasteiger partial charge in [0.2, 0.25) is 0 Å². The van der Waals surface area contributed by atoms with Gasteiger partial charge in [0, 0.05) is 17.8 Å². The monoisotopic (exact) mass is 367 g/mol. The fraction of sp³-hybridized carbons (Fsp3) is 0.0556. The van der Waals surface area contributed by atoms with E-state index in [2.05, 4.69) is 5.32 Å². The van der Waals surface area contributed by atoms with E-state index in [1.165, 1.54) is 49.6 Å². The molecule has 0 aliphatic carbocycles. The summed E-state index contributed by atoms with van der Waals surface area (Å²) in [5.41, 5.74) is -0.183. The van der Waals surface area contributed by atoms with Crippen LogP contribution in [0, 0.1) is 21.4 Å². The van der Waals surface area contributed by atoms with Crippen LogP contribution >= 0.6 is 0 Å². The zero-order valence-corrected chi connectivity index (χ0v) is 14.0. The molecule has 9 heteroatoms. The first-order valence-corrected chi connectivity index (χ1v) is 7.44. The first-order valence-electron chi connectivity index (χ1n) is 7.44. The van der Waals surface area contributed by atoms with Crippen LogP contribution in [0.1, 0.15) is 15.9 Å². The smallest absolute Gasteiger partial charge is 0.339 e. The van der Waals surface area contributed by atoms with Crippen LogP contribution in [-0.4, -0.2) is 29.0 Å². The third-order valence-corrected chi connectivity index (χ3v) is 3.44. The average Bonchev–Trinajstić information content (AvgIpc) is 2.65. The summed E-state index contributed by atoms with van der Waals surface area (Å²) in [5, 5.41) is 31.6. The predicted octanol–water partition coefficient (Wildman–Crippen LogP) is 2.85. The number of benzene rings is 2. The minimum absolute atomic E-state index is 0.123. The number of nitro benzene ring substituents is 1. The van der Waals surface area contributed by atoms with E-state index in [0.29, 0.717) is 5.56 Å². The Morgan fingerprint density at radius 3 is 2.63 bits per heavy atom. The van der Waals surface area contributed by atoms with Gasteiger partial charge in [0.05, 0.1) is 12.0 Å². The van der Waals surface area contributed by atoms with Gasteiger partial charge in [-0.25, -0.2) is 4.79 Å². The number of carbonyl (C=O) groups excluding carboxylic acids is 1. The van der Waals surface area contributed by atoms with Crippen molar-refractivity contribution in [2.24, 2.45) is 0 Å². The SMILES string of the molecule is COc1ccc(/C=C(/C#N)C(=O)Nc2cccc([N+](=O)[O-])c2)cc1C(=O)O. The summed E-state index contributed by atoms with van der Waals surface area (Å²) in [6.07, 6.45) is 1.21. The fourth-order valence-electron chi connectivity index (χ4n) is 2.19. The highest BCUT2D eigenvalue weighted by Gasteiger charge is 2.14. The lowest BCUT2D eigenvalue weighted by Crippen LogP contribution is -2.13. The van der Waals surface area contributed by atoms with Crippen LogP contribution in [0.3, 0.4) is 0 Å². The van der Waals surface area contributed by atoms with E-state index in [4.69, 9.17) is 4.74 Å². The van der Waals surface area contributed by atoms with Crippen molar-refractivity contribution in [2.75, 3.05) is 12.4 Å². The number of ether oxygens (including phenoxy) is 1. The Bertz CT molecular complexity index is 991. The Kier molecular flexibility index (Phi) is 5.86. The van der Waals surface area contributed by atoms with E-state index in [1.807, 2.05) is 0 Å². The molecule has 0 saturated carbocycles. The van der Waals surface area contributed by atoms with Gasteiger partial charge >= 0.3 is 5.97 Å². The lowest BCUT2D eigenvalue weighted by molar-refractivity contribution is -0.384.